The van der Waals surface area contributed by atoms with Gasteiger partial charge in [0.05, 0.1) is 31.1 Å². The fourth-order valence-corrected chi connectivity index (χ4v) is 5.55. The Labute approximate surface area is 199 Å². The summed E-state index contributed by atoms with van der Waals surface area (Å²) in [5, 5.41) is 12.0. The first kappa shape index (κ1) is 22.7. The number of carbonyl (C=O) groups is 1. The number of carbonyl (C=O) groups excluding carboxylic acids is 1. The van der Waals surface area contributed by atoms with Crippen molar-refractivity contribution in [2.24, 2.45) is 0 Å². The van der Waals surface area contributed by atoms with Crippen molar-refractivity contribution in [3.8, 4) is 0 Å². The van der Waals surface area contributed by atoms with Crippen LogP contribution >= 0.6 is 35.2 Å². The molecule has 2 aromatic heterocycles. The number of aromatic nitrogens is 2. The van der Waals surface area contributed by atoms with Gasteiger partial charge in [0, 0.05) is 16.1 Å². The van der Waals surface area contributed by atoms with Crippen LogP contribution in [0.25, 0.3) is 0 Å². The number of hydrogen-bond donors (Lipinski definition) is 2. The summed E-state index contributed by atoms with van der Waals surface area (Å²) in [6.07, 6.45) is 8.59. The zero-order valence-electron chi connectivity index (χ0n) is 17.4. The second-order valence-electron chi connectivity index (χ2n) is 7.50. The molecule has 0 bridgehead atoms. The van der Waals surface area contributed by atoms with Gasteiger partial charge >= 0.3 is 5.97 Å². The zero-order valence-corrected chi connectivity index (χ0v) is 19.8. The van der Waals surface area contributed by atoms with E-state index in [4.69, 9.17) is 28.6 Å². The van der Waals surface area contributed by atoms with Crippen molar-refractivity contribution in [1.29, 1.82) is 0 Å². The van der Waals surface area contributed by atoms with Gasteiger partial charge in [-0.1, -0.05) is 24.1 Å². The average Bonchev–Trinajstić information content (AvgIpc) is 3.25. The molecule has 0 unspecified atom stereocenters. The fraction of sp³-hybridized carbons (Fsp3) is 0.318. The number of thiocarbonyl (C=S) groups is 1. The Balaban J connectivity index is 1.46. The van der Waals surface area contributed by atoms with Gasteiger partial charge < -0.3 is 15.4 Å². The number of ether oxygens (including phenoxy) is 1. The molecule has 168 valence electrons. The van der Waals surface area contributed by atoms with Gasteiger partial charge in [-0.05, 0) is 61.2 Å². The molecule has 0 atom stereocenters. The molecule has 2 heterocycles. The minimum atomic E-state index is -0.379. The van der Waals surface area contributed by atoms with Gasteiger partial charge in [0.15, 0.2) is 5.11 Å². The Morgan fingerprint density at radius 2 is 2.12 bits per heavy atom. The van der Waals surface area contributed by atoms with E-state index in [9.17, 15) is 9.18 Å². The number of halogens is 2. The largest absolute Gasteiger partial charge is 0.465 e. The molecule has 10 heteroatoms. The van der Waals surface area contributed by atoms with Crippen molar-refractivity contribution in [2.75, 3.05) is 17.7 Å². The van der Waals surface area contributed by atoms with Gasteiger partial charge in [-0.15, -0.1) is 11.3 Å². The Kier molecular flexibility index (Phi) is 7.07. The van der Waals surface area contributed by atoms with Crippen LogP contribution in [0.5, 0.6) is 0 Å². The van der Waals surface area contributed by atoms with Gasteiger partial charge in [0.2, 0.25) is 0 Å². The lowest BCUT2D eigenvalue weighted by Crippen LogP contribution is -2.20. The summed E-state index contributed by atoms with van der Waals surface area (Å²) in [7, 11) is 1.39. The van der Waals surface area contributed by atoms with E-state index in [1.54, 1.807) is 34.5 Å². The SMILES string of the molecule is COC(=O)c1c(NC(=S)Nc2cnn(Cc3ccc(F)cc3Cl)c2)sc2c1CCCCC2. The van der Waals surface area contributed by atoms with Crippen molar-refractivity contribution in [1.82, 2.24) is 9.78 Å². The minimum Gasteiger partial charge on any atom is -0.465 e. The molecule has 6 nitrogen and oxygen atoms in total. The molecule has 1 aromatic carbocycles. The molecule has 0 fully saturated rings. The van der Waals surface area contributed by atoms with Crippen molar-refractivity contribution in [2.45, 2.75) is 38.6 Å². The monoisotopic (exact) mass is 492 g/mol. The van der Waals surface area contributed by atoms with Crippen molar-refractivity contribution in [3.63, 3.8) is 0 Å². The number of aryl methyl sites for hydroxylation is 1. The summed E-state index contributed by atoms with van der Waals surface area (Å²) < 4.78 is 20.0. The molecule has 1 aliphatic carbocycles. The molecule has 3 aromatic rings. The van der Waals surface area contributed by atoms with Crippen LogP contribution in [0.4, 0.5) is 15.1 Å². The first-order chi connectivity index (χ1) is 15.4. The average molecular weight is 493 g/mol. The number of hydrogen-bond acceptors (Lipinski definition) is 5. The number of thiophene rings is 1. The van der Waals surface area contributed by atoms with Crippen LogP contribution < -0.4 is 10.6 Å². The number of anilines is 2. The summed E-state index contributed by atoms with van der Waals surface area (Å²) in [6, 6.07) is 4.28. The first-order valence-corrected chi connectivity index (χ1v) is 11.8. The second kappa shape index (κ2) is 9.97. The maximum absolute atomic E-state index is 13.2. The molecule has 0 aliphatic heterocycles. The number of rotatable bonds is 5. The van der Waals surface area contributed by atoms with Crippen LogP contribution in [0.15, 0.2) is 30.6 Å². The molecule has 0 spiro atoms. The number of benzene rings is 1. The van der Waals surface area contributed by atoms with E-state index in [0.29, 0.717) is 32.9 Å². The van der Waals surface area contributed by atoms with Crippen LogP contribution in [0.2, 0.25) is 5.02 Å². The van der Waals surface area contributed by atoms with Gasteiger partial charge in [0.25, 0.3) is 0 Å². The minimum absolute atomic E-state index is 0.347. The molecule has 2 N–H and O–H groups in total. The van der Waals surface area contributed by atoms with E-state index in [2.05, 4.69) is 15.7 Å². The standard InChI is InChI=1S/C22H22ClFN4O2S2/c1-30-21(29)19-16-5-3-2-4-6-18(16)32-20(19)27-22(31)26-15-10-25-28(12-15)11-13-7-8-14(24)9-17(13)23/h7-10,12H,2-6,11H2,1H3,(H2,26,27,31). The molecule has 4 rings (SSSR count). The lowest BCUT2D eigenvalue weighted by atomic mass is 10.1. The summed E-state index contributed by atoms with van der Waals surface area (Å²) in [6.45, 7) is 0.394. The van der Waals surface area contributed by atoms with Crippen LogP contribution in [0.3, 0.4) is 0 Å². The van der Waals surface area contributed by atoms with Gasteiger partial charge in [-0.2, -0.15) is 5.10 Å². The van der Waals surface area contributed by atoms with Crippen molar-refractivity contribution < 1.29 is 13.9 Å². The zero-order chi connectivity index (χ0) is 22.7. The lowest BCUT2D eigenvalue weighted by Gasteiger charge is -2.10. The third-order valence-electron chi connectivity index (χ3n) is 5.28. The van der Waals surface area contributed by atoms with E-state index in [0.717, 1.165) is 43.2 Å². The number of methoxy groups -OCH3 is 1. The van der Waals surface area contributed by atoms with Gasteiger partial charge in [-0.3, -0.25) is 4.68 Å². The smallest absolute Gasteiger partial charge is 0.341 e. The highest BCUT2D eigenvalue weighted by Crippen LogP contribution is 2.38. The number of nitrogens with zero attached hydrogens (tertiary/aromatic N) is 2. The number of esters is 1. The molecular weight excluding hydrogens is 471 g/mol. The molecule has 32 heavy (non-hydrogen) atoms. The molecule has 0 amide bonds. The Hall–Kier alpha value is -2.49. The van der Waals surface area contributed by atoms with Crippen LogP contribution in [-0.2, 0) is 24.1 Å². The highest BCUT2D eigenvalue weighted by molar-refractivity contribution is 7.80. The Morgan fingerprint density at radius 1 is 1.31 bits per heavy atom. The summed E-state index contributed by atoms with van der Waals surface area (Å²) in [4.78, 5) is 13.7. The third-order valence-corrected chi connectivity index (χ3v) is 7.04. The summed E-state index contributed by atoms with van der Waals surface area (Å²) in [5.41, 5.74) is 3.10. The third kappa shape index (κ3) is 5.11. The van der Waals surface area contributed by atoms with Gasteiger partial charge in [-0.25, -0.2) is 9.18 Å². The van der Waals surface area contributed by atoms with Crippen molar-refractivity contribution in [3.05, 3.63) is 63.0 Å². The van der Waals surface area contributed by atoms with E-state index >= 15 is 0 Å². The molecule has 1 aliphatic rings. The summed E-state index contributed by atoms with van der Waals surface area (Å²) >= 11 is 13.1. The molecule has 0 radical (unpaired) electrons. The first-order valence-electron chi connectivity index (χ1n) is 10.2. The van der Waals surface area contributed by atoms with E-state index in [-0.39, 0.29) is 11.8 Å². The fourth-order valence-electron chi connectivity index (χ4n) is 3.75. The topological polar surface area (TPSA) is 68.2 Å². The van der Waals surface area contributed by atoms with Crippen LogP contribution in [-0.4, -0.2) is 28.0 Å². The maximum atomic E-state index is 13.2. The maximum Gasteiger partial charge on any atom is 0.341 e. The molecule has 0 saturated heterocycles. The normalized spacial score (nSPS) is 13.2. The highest BCUT2D eigenvalue weighted by Gasteiger charge is 2.25. The van der Waals surface area contributed by atoms with E-state index in [1.807, 2.05) is 0 Å². The van der Waals surface area contributed by atoms with Crippen LogP contribution in [0.1, 0.15) is 45.6 Å². The molecular formula is C22H22ClFN4O2S2. The predicted molar refractivity (Wildman–Crippen MR) is 129 cm³/mol. The van der Waals surface area contributed by atoms with Crippen LogP contribution in [0, 0.1) is 5.82 Å². The Morgan fingerprint density at radius 3 is 2.91 bits per heavy atom. The van der Waals surface area contributed by atoms with Crippen molar-refractivity contribution >= 4 is 56.9 Å². The molecule has 0 saturated carbocycles. The lowest BCUT2D eigenvalue weighted by molar-refractivity contribution is 0.0601. The summed E-state index contributed by atoms with van der Waals surface area (Å²) in [5.74, 6) is -0.728. The van der Waals surface area contributed by atoms with E-state index in [1.165, 1.54) is 24.1 Å². The van der Waals surface area contributed by atoms with E-state index < -0.39 is 0 Å². The quantitative estimate of drug-likeness (QED) is 0.272. The van der Waals surface area contributed by atoms with Gasteiger partial charge in [0.1, 0.15) is 10.8 Å². The number of fused-ring (bicyclic) bond motifs is 1. The second-order valence-corrected chi connectivity index (χ2v) is 9.42. The number of nitrogens with one attached hydrogen (secondary N) is 2. The highest BCUT2D eigenvalue weighted by atomic mass is 35.5. The Bertz CT molecular complexity index is 1160. The predicted octanol–water partition coefficient (Wildman–Crippen LogP) is 5.65.